The molecule has 228 valence electrons. The maximum atomic E-state index is 9.93. The predicted octanol–water partition coefficient (Wildman–Crippen LogP) is 8.23. The van der Waals surface area contributed by atoms with E-state index in [4.69, 9.17) is 19.5 Å². The van der Waals surface area contributed by atoms with Crippen molar-refractivity contribution in [3.63, 3.8) is 0 Å². The van der Waals surface area contributed by atoms with Gasteiger partial charge in [0.05, 0.1) is 19.8 Å². The van der Waals surface area contributed by atoms with Crippen molar-refractivity contribution in [3.8, 4) is 0 Å². The molecule has 0 atom stereocenters. The van der Waals surface area contributed by atoms with E-state index in [1.54, 1.807) is 0 Å². The van der Waals surface area contributed by atoms with E-state index in [-0.39, 0.29) is 19.8 Å². The van der Waals surface area contributed by atoms with E-state index in [1.165, 1.54) is 0 Å². The van der Waals surface area contributed by atoms with Gasteiger partial charge in [0.2, 0.25) is 0 Å². The Bertz CT molecular complexity index is 320. The Hall–Kier alpha value is -2.59. The van der Waals surface area contributed by atoms with Crippen LogP contribution in [0.25, 0.3) is 0 Å². The number of ether oxygens (including phenoxy) is 1. The van der Waals surface area contributed by atoms with E-state index in [0.717, 1.165) is 26.1 Å². The molecule has 0 aromatic rings. The number of aliphatic hydroxyl groups excluding tert-OH is 2. The summed E-state index contributed by atoms with van der Waals surface area (Å²) in [5, 5.41) is 15.2. The lowest BCUT2D eigenvalue weighted by molar-refractivity contribution is 0.162. The van der Waals surface area contributed by atoms with Gasteiger partial charge in [-0.2, -0.15) is 8.42 Å². The Kier molecular flexibility index (Phi) is 403. The molecule has 7 nitrogen and oxygen atoms in total. The molecule has 0 heterocycles. The van der Waals surface area contributed by atoms with Crippen molar-refractivity contribution < 1.29 is 32.1 Å². The fraction of sp³-hybridized carbons (Fsp3) is 0.379. The first-order chi connectivity index (χ1) is 17.9. The van der Waals surface area contributed by atoms with E-state index >= 15 is 0 Å². The van der Waals surface area contributed by atoms with Crippen LogP contribution in [0.3, 0.4) is 0 Å². The number of hydrogen-bond donors (Lipinski definition) is 3. The summed E-state index contributed by atoms with van der Waals surface area (Å²) in [5.41, 5.74) is 0. The molecule has 0 radical (unpaired) electrons. The summed E-state index contributed by atoms with van der Waals surface area (Å²) in [6.07, 6.45) is 2.57. The molecule has 0 spiro atoms. The molecule has 0 unspecified atom stereocenters. The summed E-state index contributed by atoms with van der Waals surface area (Å²) in [6.45, 7) is 61.5. The summed E-state index contributed by atoms with van der Waals surface area (Å²) < 4.78 is 36.8. The Labute approximate surface area is 233 Å². The van der Waals surface area contributed by atoms with Crippen LogP contribution in [0.5, 0.6) is 0 Å². The lowest BCUT2D eigenvalue weighted by atomic mass is 10.3. The van der Waals surface area contributed by atoms with Crippen LogP contribution < -0.4 is 0 Å². The zero-order valence-electron chi connectivity index (χ0n) is 24.8. The van der Waals surface area contributed by atoms with Crippen LogP contribution in [0.2, 0.25) is 0 Å². The van der Waals surface area contributed by atoms with Crippen LogP contribution in [0.15, 0.2) is 118 Å². The van der Waals surface area contributed by atoms with Gasteiger partial charge in [0.1, 0.15) is 0 Å². The van der Waals surface area contributed by atoms with Crippen molar-refractivity contribution in [1.29, 1.82) is 0 Å². The van der Waals surface area contributed by atoms with Crippen LogP contribution >= 0.6 is 0 Å². The first kappa shape index (κ1) is 76.5. The standard InChI is InChI=1S/C5H12O4S.C4H10O.C2H6O2.9C2H4/c1-2-3-4-5-9-10(6,7)8;1-3-5-4-2;3-1-2-4;9*1-2/h2-5H2,1H3,(H,6,7,8);3-4H2,1-2H3;3-4H,1-2H2;9*1-2H2. The molecule has 37 heavy (non-hydrogen) atoms. The van der Waals surface area contributed by atoms with Crippen LogP contribution in [0, 0.1) is 0 Å². The third-order valence-corrected chi connectivity index (χ3v) is 1.95. The normalized spacial score (nSPS) is 6.11. The van der Waals surface area contributed by atoms with E-state index in [0.29, 0.717) is 6.42 Å². The molecule has 0 aromatic heterocycles. The molecule has 0 aromatic carbocycles. The number of aliphatic hydroxyl groups is 2. The highest BCUT2D eigenvalue weighted by atomic mass is 32.3. The first-order valence-corrected chi connectivity index (χ1v) is 12.2. The van der Waals surface area contributed by atoms with Crippen LogP contribution in [0.1, 0.15) is 40.0 Å². The van der Waals surface area contributed by atoms with Gasteiger partial charge < -0.3 is 14.9 Å². The average molecular weight is 557 g/mol. The summed E-state index contributed by atoms with van der Waals surface area (Å²) in [5.74, 6) is 0. The highest BCUT2D eigenvalue weighted by molar-refractivity contribution is 7.80. The van der Waals surface area contributed by atoms with Gasteiger partial charge >= 0.3 is 10.4 Å². The number of rotatable bonds is 8. The van der Waals surface area contributed by atoms with E-state index in [9.17, 15) is 8.42 Å². The maximum Gasteiger partial charge on any atom is 0.397 e. The minimum Gasteiger partial charge on any atom is -0.394 e. The molecule has 0 aliphatic carbocycles. The summed E-state index contributed by atoms with van der Waals surface area (Å²) in [6, 6.07) is 0. The van der Waals surface area contributed by atoms with Gasteiger partial charge in [0, 0.05) is 13.2 Å². The van der Waals surface area contributed by atoms with Gasteiger partial charge in [-0.1, -0.05) is 19.8 Å². The van der Waals surface area contributed by atoms with E-state index < -0.39 is 10.4 Å². The van der Waals surface area contributed by atoms with Crippen LogP contribution in [-0.2, 0) is 19.3 Å². The van der Waals surface area contributed by atoms with Gasteiger partial charge in [-0.3, -0.25) is 4.55 Å². The number of unbranched alkanes of at least 4 members (excludes halogenated alkanes) is 2. The van der Waals surface area contributed by atoms with Crippen molar-refractivity contribution in [1.82, 2.24) is 0 Å². The molecular formula is C29H64O7S. The third-order valence-electron chi connectivity index (χ3n) is 1.49. The molecule has 0 bridgehead atoms. The van der Waals surface area contributed by atoms with Gasteiger partial charge in [-0.15, -0.1) is 118 Å². The summed E-state index contributed by atoms with van der Waals surface area (Å²) >= 11 is 0. The van der Waals surface area contributed by atoms with Crippen LogP contribution in [-0.4, -0.2) is 56.2 Å². The monoisotopic (exact) mass is 556 g/mol. The fourth-order valence-corrected chi connectivity index (χ4v) is 1.05. The highest BCUT2D eigenvalue weighted by Crippen LogP contribution is 1.96. The predicted molar refractivity (Wildman–Crippen MR) is 175 cm³/mol. The second-order valence-corrected chi connectivity index (χ2v) is 4.28. The van der Waals surface area contributed by atoms with Crippen molar-refractivity contribution >= 4 is 10.4 Å². The summed E-state index contributed by atoms with van der Waals surface area (Å²) in [4.78, 5) is 0. The Morgan fingerprint density at radius 2 is 0.784 bits per heavy atom. The highest BCUT2D eigenvalue weighted by Gasteiger charge is 2.01. The van der Waals surface area contributed by atoms with Crippen LogP contribution in [0.4, 0.5) is 0 Å². The third kappa shape index (κ3) is 600. The van der Waals surface area contributed by atoms with E-state index in [1.807, 2.05) is 20.8 Å². The molecule has 3 N–H and O–H groups in total. The molecule has 0 amide bonds. The lowest BCUT2D eigenvalue weighted by Gasteiger charge is -1.96. The minimum atomic E-state index is -4.20. The average Bonchev–Trinajstić information content (AvgIpc) is 3.01. The van der Waals surface area contributed by atoms with Crippen molar-refractivity contribution in [2.24, 2.45) is 0 Å². The van der Waals surface area contributed by atoms with Gasteiger partial charge in [-0.25, -0.2) is 4.18 Å². The topological polar surface area (TPSA) is 113 Å². The quantitative estimate of drug-likeness (QED) is 0.157. The fourth-order valence-electron chi connectivity index (χ4n) is 0.720. The SMILES string of the molecule is C=C.C=C.C=C.C=C.C=C.C=C.C=C.C=C.C=C.CCCCCOS(=O)(=O)O.CCOCC.OCCO. The molecule has 0 aliphatic rings. The maximum absolute atomic E-state index is 9.93. The van der Waals surface area contributed by atoms with Crippen molar-refractivity contribution in [2.45, 2.75) is 40.0 Å². The minimum absolute atomic E-state index is 0.0761. The molecular weight excluding hydrogens is 492 g/mol. The summed E-state index contributed by atoms with van der Waals surface area (Å²) in [7, 11) is -4.20. The second kappa shape index (κ2) is 195. The van der Waals surface area contributed by atoms with Crippen molar-refractivity contribution in [3.05, 3.63) is 118 Å². The van der Waals surface area contributed by atoms with Crippen molar-refractivity contribution in [2.75, 3.05) is 33.0 Å². The lowest BCUT2D eigenvalue weighted by Crippen LogP contribution is -2.04. The Balaban J connectivity index is -0.0000000202. The molecule has 0 rings (SSSR count). The second-order valence-electron chi connectivity index (χ2n) is 3.19. The number of hydrogen-bond acceptors (Lipinski definition) is 6. The molecule has 0 aliphatic heterocycles. The van der Waals surface area contributed by atoms with Gasteiger partial charge in [-0.05, 0) is 20.3 Å². The molecule has 0 saturated heterocycles. The molecule has 0 saturated carbocycles. The molecule has 0 fully saturated rings. The molecule has 8 heteroatoms. The Morgan fingerprint density at radius 1 is 0.541 bits per heavy atom. The Morgan fingerprint density at radius 3 is 0.892 bits per heavy atom. The van der Waals surface area contributed by atoms with Gasteiger partial charge in [0.25, 0.3) is 0 Å². The zero-order chi connectivity index (χ0) is 33.6. The zero-order valence-corrected chi connectivity index (χ0v) is 25.6. The van der Waals surface area contributed by atoms with E-state index in [2.05, 4.69) is 123 Å². The first-order valence-electron chi connectivity index (χ1n) is 10.8. The largest absolute Gasteiger partial charge is 0.397 e. The van der Waals surface area contributed by atoms with Gasteiger partial charge in [0.15, 0.2) is 0 Å². The smallest absolute Gasteiger partial charge is 0.394 e.